The molecule has 13 heteroatoms. The number of ether oxygens (including phenoxy) is 1. The normalized spacial score (nSPS) is 18.4. The molecule has 41 heavy (non-hydrogen) atoms. The molecule has 0 aliphatic carbocycles. The third-order valence-corrected chi connectivity index (χ3v) is 7.11. The molecular formula is C28H33F4N5O4. The van der Waals surface area contributed by atoms with Gasteiger partial charge in [-0.25, -0.2) is 4.39 Å². The number of benzene rings is 2. The van der Waals surface area contributed by atoms with E-state index >= 15 is 0 Å². The number of amides is 3. The fourth-order valence-electron chi connectivity index (χ4n) is 4.99. The highest BCUT2D eigenvalue weighted by atomic mass is 19.4. The summed E-state index contributed by atoms with van der Waals surface area (Å²) in [5, 5.41) is 5.45. The quantitative estimate of drug-likeness (QED) is 0.486. The summed E-state index contributed by atoms with van der Waals surface area (Å²) in [5.74, 6) is -2.50. The van der Waals surface area contributed by atoms with E-state index < -0.39 is 41.3 Å². The average molecular weight is 580 g/mol. The number of piperidine rings is 1. The van der Waals surface area contributed by atoms with Crippen molar-refractivity contribution in [1.29, 1.82) is 0 Å². The van der Waals surface area contributed by atoms with Gasteiger partial charge in [0.25, 0.3) is 5.91 Å². The molecule has 2 aromatic rings. The lowest BCUT2D eigenvalue weighted by Crippen LogP contribution is -2.61. The van der Waals surface area contributed by atoms with Crippen LogP contribution in [0.4, 0.5) is 34.6 Å². The van der Waals surface area contributed by atoms with E-state index in [1.54, 1.807) is 4.90 Å². The molecule has 2 N–H and O–H groups in total. The molecule has 9 nitrogen and oxygen atoms in total. The lowest BCUT2D eigenvalue weighted by molar-refractivity contribution is -0.274. The van der Waals surface area contributed by atoms with Crippen molar-refractivity contribution in [2.24, 2.45) is 0 Å². The Labute approximate surface area is 235 Å². The van der Waals surface area contributed by atoms with Crippen LogP contribution in [0.15, 0.2) is 42.5 Å². The molecule has 4 rings (SSSR count). The molecule has 0 bridgehead atoms. The number of hydrogen-bond donors (Lipinski definition) is 2. The second-order valence-corrected chi connectivity index (χ2v) is 10.7. The van der Waals surface area contributed by atoms with Crippen molar-refractivity contribution < 1.29 is 36.7 Å². The number of anilines is 3. The number of nitrogens with one attached hydrogen (secondary N) is 2. The maximum absolute atomic E-state index is 14.2. The lowest BCUT2D eigenvalue weighted by Gasteiger charge is -2.31. The van der Waals surface area contributed by atoms with E-state index in [1.807, 2.05) is 4.90 Å². The van der Waals surface area contributed by atoms with Crippen molar-refractivity contribution >= 4 is 34.8 Å². The predicted octanol–water partition coefficient (Wildman–Crippen LogP) is 3.70. The number of hydrogen-bond acceptors (Lipinski definition) is 6. The molecule has 0 spiro atoms. The Morgan fingerprint density at radius 3 is 2.29 bits per heavy atom. The first kappa shape index (κ1) is 30.1. The summed E-state index contributed by atoms with van der Waals surface area (Å²) in [6.45, 7) is 4.72. The number of likely N-dealkylation sites (tertiary alicyclic amines) is 1. The molecule has 2 aliphatic heterocycles. The second-order valence-electron chi connectivity index (χ2n) is 10.7. The molecule has 0 aromatic heterocycles. The van der Waals surface area contributed by atoms with E-state index in [1.165, 1.54) is 50.1 Å². The van der Waals surface area contributed by atoms with Crippen LogP contribution in [0.5, 0.6) is 5.75 Å². The van der Waals surface area contributed by atoms with Gasteiger partial charge in [-0.1, -0.05) is 6.42 Å². The molecule has 2 heterocycles. The van der Waals surface area contributed by atoms with Crippen LogP contribution in [0.2, 0.25) is 0 Å². The molecule has 2 aliphatic rings. The largest absolute Gasteiger partial charge is 0.573 e. The molecule has 1 atom stereocenters. The zero-order valence-electron chi connectivity index (χ0n) is 23.1. The van der Waals surface area contributed by atoms with E-state index in [-0.39, 0.29) is 24.7 Å². The fourth-order valence-corrected chi connectivity index (χ4v) is 4.99. The minimum absolute atomic E-state index is 0.120. The number of alkyl halides is 3. The van der Waals surface area contributed by atoms with Gasteiger partial charge in [0.2, 0.25) is 11.8 Å². The van der Waals surface area contributed by atoms with Crippen molar-refractivity contribution in [2.45, 2.75) is 51.1 Å². The van der Waals surface area contributed by atoms with Crippen molar-refractivity contribution in [3.05, 3.63) is 48.3 Å². The lowest BCUT2D eigenvalue weighted by atomic mass is 10.0. The second kappa shape index (κ2) is 11.9. The van der Waals surface area contributed by atoms with Gasteiger partial charge < -0.3 is 25.2 Å². The van der Waals surface area contributed by atoms with E-state index in [0.717, 1.165) is 50.6 Å². The van der Waals surface area contributed by atoms with Crippen molar-refractivity contribution in [3.63, 3.8) is 0 Å². The topological polar surface area (TPSA) is 94.2 Å². The van der Waals surface area contributed by atoms with Gasteiger partial charge in [0.15, 0.2) is 0 Å². The molecule has 0 saturated carbocycles. The third kappa shape index (κ3) is 7.46. The first-order valence-electron chi connectivity index (χ1n) is 13.3. The molecule has 1 saturated heterocycles. The van der Waals surface area contributed by atoms with Crippen LogP contribution in [0.1, 0.15) is 33.1 Å². The van der Waals surface area contributed by atoms with E-state index in [4.69, 9.17) is 0 Å². The van der Waals surface area contributed by atoms with Crippen LogP contribution in [0.3, 0.4) is 0 Å². The van der Waals surface area contributed by atoms with Crippen LogP contribution < -0.4 is 25.2 Å². The molecule has 2 aromatic carbocycles. The predicted molar refractivity (Wildman–Crippen MR) is 144 cm³/mol. The van der Waals surface area contributed by atoms with Crippen LogP contribution in [-0.2, 0) is 14.4 Å². The van der Waals surface area contributed by atoms with Gasteiger partial charge in [-0.15, -0.1) is 13.2 Å². The standard InChI is InChI=1S/C28H33F4N5O4/c1-27(2,34-24(38)17-36-13-5-4-6-14-36)26(40)33-21-16-37(19-8-10-20(11-9-19)41-28(30,31)32)22-12-7-18(29)15-23(22)35(3)25(21)39/h7-12,15,21H,4-6,13-14,16-17H2,1-3H3,(H,33,40)(H,34,38)/t21-/m1/s1. The van der Waals surface area contributed by atoms with Crippen LogP contribution in [-0.4, -0.2) is 73.8 Å². The highest BCUT2D eigenvalue weighted by Gasteiger charge is 2.38. The molecule has 0 radical (unpaired) electrons. The maximum atomic E-state index is 14.2. The number of likely N-dealkylation sites (N-methyl/N-ethyl adjacent to an activating group) is 1. The maximum Gasteiger partial charge on any atom is 0.573 e. The number of halogens is 4. The molecule has 1 fully saturated rings. The summed E-state index contributed by atoms with van der Waals surface area (Å²) in [7, 11) is 1.44. The zero-order chi connectivity index (χ0) is 29.9. The Balaban J connectivity index is 1.56. The first-order valence-corrected chi connectivity index (χ1v) is 13.3. The summed E-state index contributed by atoms with van der Waals surface area (Å²) in [5.41, 5.74) is -0.379. The number of carbonyl (C=O) groups excluding carboxylic acids is 3. The first-order chi connectivity index (χ1) is 19.2. The van der Waals surface area contributed by atoms with Gasteiger partial charge in [0.05, 0.1) is 24.5 Å². The van der Waals surface area contributed by atoms with Crippen LogP contribution in [0, 0.1) is 5.82 Å². The van der Waals surface area contributed by atoms with E-state index in [0.29, 0.717) is 11.4 Å². The minimum Gasteiger partial charge on any atom is -0.406 e. The van der Waals surface area contributed by atoms with Gasteiger partial charge in [0.1, 0.15) is 23.1 Å². The smallest absolute Gasteiger partial charge is 0.406 e. The number of rotatable bonds is 7. The fraction of sp³-hybridized carbons (Fsp3) is 0.464. The minimum atomic E-state index is -4.87. The Morgan fingerprint density at radius 1 is 1.00 bits per heavy atom. The third-order valence-electron chi connectivity index (χ3n) is 7.11. The van der Waals surface area contributed by atoms with Crippen LogP contribution in [0.25, 0.3) is 0 Å². The van der Waals surface area contributed by atoms with Crippen molar-refractivity contribution in [2.75, 3.05) is 43.0 Å². The number of fused-ring (bicyclic) bond motifs is 1. The monoisotopic (exact) mass is 579 g/mol. The van der Waals surface area contributed by atoms with Crippen molar-refractivity contribution in [1.82, 2.24) is 15.5 Å². The number of carbonyl (C=O) groups is 3. The van der Waals surface area contributed by atoms with Gasteiger partial charge in [-0.3, -0.25) is 19.3 Å². The highest BCUT2D eigenvalue weighted by Crippen LogP contribution is 2.38. The summed E-state index contributed by atoms with van der Waals surface area (Å²) in [4.78, 5) is 44.4. The average Bonchev–Trinajstić information content (AvgIpc) is 2.99. The Morgan fingerprint density at radius 2 is 1.66 bits per heavy atom. The van der Waals surface area contributed by atoms with Crippen LogP contribution >= 0.6 is 0 Å². The SMILES string of the molecule is CN1C(=O)[C@H](NC(=O)C(C)(C)NC(=O)CN2CCCCC2)CN(c2ccc(OC(F)(F)F)cc2)c2ccc(F)cc21. The Kier molecular flexibility index (Phi) is 8.76. The van der Waals surface area contributed by atoms with Gasteiger partial charge >= 0.3 is 6.36 Å². The molecule has 222 valence electrons. The van der Waals surface area contributed by atoms with Crippen molar-refractivity contribution in [3.8, 4) is 5.75 Å². The number of nitrogens with zero attached hydrogens (tertiary/aromatic N) is 3. The van der Waals surface area contributed by atoms with Gasteiger partial charge in [0, 0.05) is 12.7 Å². The summed E-state index contributed by atoms with van der Waals surface area (Å²) in [6, 6.07) is 7.65. The molecular weight excluding hydrogens is 546 g/mol. The zero-order valence-corrected chi connectivity index (χ0v) is 23.1. The highest BCUT2D eigenvalue weighted by molar-refractivity contribution is 6.04. The molecule has 3 amide bonds. The van der Waals surface area contributed by atoms with Gasteiger partial charge in [-0.05, 0) is 82.2 Å². The van der Waals surface area contributed by atoms with E-state index in [2.05, 4.69) is 15.4 Å². The Hall–Kier alpha value is -3.87. The van der Waals surface area contributed by atoms with E-state index in [9.17, 15) is 31.9 Å². The van der Waals surface area contributed by atoms with Gasteiger partial charge in [-0.2, -0.15) is 0 Å². The summed E-state index contributed by atoms with van der Waals surface area (Å²) in [6.07, 6.45) is -1.73. The summed E-state index contributed by atoms with van der Waals surface area (Å²) >= 11 is 0. The molecule has 0 unspecified atom stereocenters. The Bertz CT molecular complexity index is 1280. The summed E-state index contributed by atoms with van der Waals surface area (Å²) < 4.78 is 56.2.